The predicted octanol–water partition coefficient (Wildman–Crippen LogP) is 3.26. The average Bonchev–Trinajstić information content (AvgIpc) is 3.14. The van der Waals surface area contributed by atoms with Crippen LogP contribution in [-0.4, -0.2) is 38.5 Å². The summed E-state index contributed by atoms with van der Waals surface area (Å²) in [6.07, 6.45) is 0. The molecule has 29 heavy (non-hydrogen) atoms. The number of nitrogens with one attached hydrogen (secondary N) is 2. The largest absolute Gasteiger partial charge is 0.481 e. The zero-order chi connectivity index (χ0) is 21.0. The SMILES string of the molecule is COc1cc(NS(=O)(=O)c2ccc(NC(=O)c3ccc(Cl)s3)cc2)nc(OC)n1. The number of hydrogen-bond acceptors (Lipinski definition) is 8. The molecule has 0 aliphatic heterocycles. The minimum Gasteiger partial charge on any atom is -0.481 e. The Bertz CT molecular complexity index is 1110. The standard InChI is InChI=1S/C17H15ClN4O5S2/c1-26-15-9-14(20-17(21-15)27-2)22-29(24,25)11-5-3-10(4-6-11)19-16(23)12-7-8-13(18)28-12/h3-9H,1-2H3,(H,19,23)(H,20,21,22). The summed E-state index contributed by atoms with van der Waals surface area (Å²) in [4.78, 5) is 20.4. The molecule has 152 valence electrons. The maximum atomic E-state index is 12.6. The fourth-order valence-corrected chi connectivity index (χ4v) is 4.13. The van der Waals surface area contributed by atoms with Crippen molar-refractivity contribution in [3.05, 3.63) is 51.7 Å². The van der Waals surface area contributed by atoms with Crippen LogP contribution in [0, 0.1) is 0 Å². The molecule has 0 fully saturated rings. The molecule has 1 amide bonds. The molecule has 0 saturated carbocycles. The molecule has 0 spiro atoms. The van der Waals surface area contributed by atoms with E-state index in [1.54, 1.807) is 12.1 Å². The Balaban J connectivity index is 1.75. The van der Waals surface area contributed by atoms with Crippen LogP contribution in [0.2, 0.25) is 4.34 Å². The number of methoxy groups -OCH3 is 2. The Kier molecular flexibility index (Phi) is 6.20. The van der Waals surface area contributed by atoms with E-state index in [9.17, 15) is 13.2 Å². The summed E-state index contributed by atoms with van der Waals surface area (Å²) in [5.74, 6) is -0.210. The summed E-state index contributed by atoms with van der Waals surface area (Å²) in [7, 11) is -1.20. The molecule has 3 rings (SSSR count). The fourth-order valence-electron chi connectivity index (χ4n) is 2.19. The summed E-state index contributed by atoms with van der Waals surface area (Å²) in [5, 5.41) is 2.67. The molecule has 2 N–H and O–H groups in total. The van der Waals surface area contributed by atoms with Crippen molar-refractivity contribution in [1.82, 2.24) is 9.97 Å². The average molecular weight is 455 g/mol. The number of halogens is 1. The summed E-state index contributed by atoms with van der Waals surface area (Å²) in [5.41, 5.74) is 0.434. The highest BCUT2D eigenvalue weighted by molar-refractivity contribution is 7.92. The number of benzene rings is 1. The van der Waals surface area contributed by atoms with E-state index in [1.807, 2.05) is 0 Å². The second-order valence-electron chi connectivity index (χ2n) is 5.47. The normalized spacial score (nSPS) is 11.0. The highest BCUT2D eigenvalue weighted by Gasteiger charge is 2.17. The summed E-state index contributed by atoms with van der Waals surface area (Å²) in [6, 6.07) is 10.2. The van der Waals surface area contributed by atoms with Gasteiger partial charge in [-0.15, -0.1) is 11.3 Å². The Morgan fingerprint density at radius 2 is 1.79 bits per heavy atom. The summed E-state index contributed by atoms with van der Waals surface area (Å²) >= 11 is 6.97. The molecule has 0 saturated heterocycles. The highest BCUT2D eigenvalue weighted by atomic mass is 35.5. The number of hydrogen-bond donors (Lipinski definition) is 2. The van der Waals surface area contributed by atoms with Gasteiger partial charge >= 0.3 is 6.01 Å². The van der Waals surface area contributed by atoms with Crippen molar-refractivity contribution >= 4 is 50.4 Å². The van der Waals surface area contributed by atoms with Gasteiger partial charge in [-0.25, -0.2) is 8.42 Å². The predicted molar refractivity (Wildman–Crippen MR) is 110 cm³/mol. The molecule has 1 aromatic carbocycles. The van der Waals surface area contributed by atoms with Crippen molar-refractivity contribution in [1.29, 1.82) is 0 Å². The van der Waals surface area contributed by atoms with Gasteiger partial charge in [0.15, 0.2) is 5.82 Å². The van der Waals surface area contributed by atoms with E-state index < -0.39 is 10.0 Å². The van der Waals surface area contributed by atoms with E-state index in [4.69, 9.17) is 21.1 Å². The molecule has 0 radical (unpaired) electrons. The van der Waals surface area contributed by atoms with Crippen molar-refractivity contribution in [2.45, 2.75) is 4.90 Å². The first-order valence-electron chi connectivity index (χ1n) is 7.97. The molecular weight excluding hydrogens is 440 g/mol. The van der Waals surface area contributed by atoms with Crippen molar-refractivity contribution in [3.63, 3.8) is 0 Å². The van der Waals surface area contributed by atoms with Gasteiger partial charge in [0.2, 0.25) is 5.88 Å². The maximum absolute atomic E-state index is 12.6. The van der Waals surface area contributed by atoms with Crippen LogP contribution >= 0.6 is 22.9 Å². The number of carbonyl (C=O) groups is 1. The van der Waals surface area contributed by atoms with Crippen LogP contribution in [-0.2, 0) is 10.0 Å². The van der Waals surface area contributed by atoms with E-state index >= 15 is 0 Å². The van der Waals surface area contributed by atoms with Gasteiger partial charge in [0.25, 0.3) is 15.9 Å². The Labute approximate surface area is 175 Å². The second kappa shape index (κ2) is 8.64. The van der Waals surface area contributed by atoms with E-state index in [1.165, 1.54) is 44.6 Å². The van der Waals surface area contributed by atoms with Crippen LogP contribution in [0.5, 0.6) is 11.9 Å². The maximum Gasteiger partial charge on any atom is 0.321 e. The van der Waals surface area contributed by atoms with Crippen LogP contribution in [0.4, 0.5) is 11.5 Å². The van der Waals surface area contributed by atoms with Crippen LogP contribution < -0.4 is 19.5 Å². The van der Waals surface area contributed by atoms with Crippen molar-refractivity contribution in [2.75, 3.05) is 24.3 Å². The number of amides is 1. The molecule has 0 bridgehead atoms. The van der Waals surface area contributed by atoms with Gasteiger partial charge in [-0.3, -0.25) is 9.52 Å². The molecule has 0 aliphatic rings. The minimum absolute atomic E-state index is 0.0133. The van der Waals surface area contributed by atoms with E-state index in [0.29, 0.717) is 14.9 Å². The van der Waals surface area contributed by atoms with Crippen LogP contribution in [0.25, 0.3) is 0 Å². The zero-order valence-electron chi connectivity index (χ0n) is 15.2. The molecule has 3 aromatic rings. The van der Waals surface area contributed by atoms with Gasteiger partial charge in [0, 0.05) is 11.8 Å². The first-order valence-corrected chi connectivity index (χ1v) is 10.6. The van der Waals surface area contributed by atoms with Gasteiger partial charge in [-0.1, -0.05) is 11.6 Å². The van der Waals surface area contributed by atoms with E-state index in [-0.39, 0.29) is 28.5 Å². The number of aromatic nitrogens is 2. The topological polar surface area (TPSA) is 120 Å². The first kappa shape index (κ1) is 20.8. The highest BCUT2D eigenvalue weighted by Crippen LogP contribution is 2.24. The molecular formula is C17H15ClN4O5S2. The Morgan fingerprint density at radius 3 is 2.38 bits per heavy atom. The molecule has 9 nitrogen and oxygen atoms in total. The third-order valence-electron chi connectivity index (χ3n) is 3.53. The number of sulfonamides is 1. The van der Waals surface area contributed by atoms with Crippen LogP contribution in [0.1, 0.15) is 9.67 Å². The second-order valence-corrected chi connectivity index (χ2v) is 8.87. The summed E-state index contributed by atoms with van der Waals surface area (Å²) < 4.78 is 38.0. The fraction of sp³-hybridized carbons (Fsp3) is 0.118. The zero-order valence-corrected chi connectivity index (χ0v) is 17.6. The van der Waals surface area contributed by atoms with Gasteiger partial charge in [0.05, 0.1) is 28.3 Å². The van der Waals surface area contributed by atoms with Crippen LogP contribution in [0.15, 0.2) is 47.4 Å². The molecule has 12 heteroatoms. The summed E-state index contributed by atoms with van der Waals surface area (Å²) in [6.45, 7) is 0. The number of anilines is 2. The number of carbonyl (C=O) groups excluding carboxylic acids is 1. The van der Waals surface area contributed by atoms with Gasteiger partial charge in [-0.2, -0.15) is 9.97 Å². The molecule has 2 heterocycles. The third-order valence-corrected chi connectivity index (χ3v) is 6.13. The quantitative estimate of drug-likeness (QED) is 0.562. The van der Waals surface area contributed by atoms with Gasteiger partial charge < -0.3 is 14.8 Å². The number of ether oxygens (including phenoxy) is 2. The van der Waals surface area contributed by atoms with Gasteiger partial charge in [0.1, 0.15) is 0 Å². The van der Waals surface area contributed by atoms with E-state index in [2.05, 4.69) is 20.0 Å². The van der Waals surface area contributed by atoms with E-state index in [0.717, 1.165) is 11.3 Å². The van der Waals surface area contributed by atoms with Crippen molar-refractivity contribution in [2.24, 2.45) is 0 Å². The molecule has 0 aliphatic carbocycles. The van der Waals surface area contributed by atoms with Gasteiger partial charge in [-0.05, 0) is 36.4 Å². The monoisotopic (exact) mass is 454 g/mol. The molecule has 0 unspecified atom stereocenters. The number of thiophene rings is 1. The molecule has 2 aromatic heterocycles. The first-order chi connectivity index (χ1) is 13.8. The lowest BCUT2D eigenvalue weighted by Crippen LogP contribution is -2.15. The number of rotatable bonds is 7. The smallest absolute Gasteiger partial charge is 0.321 e. The van der Waals surface area contributed by atoms with Crippen molar-refractivity contribution in [3.8, 4) is 11.9 Å². The number of nitrogens with zero attached hydrogens (tertiary/aromatic N) is 2. The lowest BCUT2D eigenvalue weighted by molar-refractivity contribution is 0.103. The Morgan fingerprint density at radius 1 is 1.07 bits per heavy atom. The third kappa shape index (κ3) is 5.13. The molecule has 0 atom stereocenters. The lowest BCUT2D eigenvalue weighted by Gasteiger charge is -2.10. The lowest BCUT2D eigenvalue weighted by atomic mass is 10.3. The van der Waals surface area contributed by atoms with Crippen molar-refractivity contribution < 1.29 is 22.7 Å². The van der Waals surface area contributed by atoms with Crippen LogP contribution in [0.3, 0.4) is 0 Å². The Hall–Kier alpha value is -2.89. The minimum atomic E-state index is -3.94.